The molecule has 1 amide bonds. The quantitative estimate of drug-likeness (QED) is 0.865. The summed E-state index contributed by atoms with van der Waals surface area (Å²) in [6.45, 7) is 0. The third kappa shape index (κ3) is 3.08. The molecule has 0 aromatic heterocycles. The van der Waals surface area contributed by atoms with Gasteiger partial charge >= 0.3 is 0 Å². The first-order valence-electron chi connectivity index (χ1n) is 6.39. The van der Waals surface area contributed by atoms with Crippen LogP contribution in [0.4, 0.5) is 5.69 Å². The van der Waals surface area contributed by atoms with E-state index in [1.165, 1.54) is 4.90 Å². The second-order valence-corrected chi connectivity index (χ2v) is 4.53. The summed E-state index contributed by atoms with van der Waals surface area (Å²) in [7, 11) is 1.60. The van der Waals surface area contributed by atoms with E-state index in [1.807, 2.05) is 18.2 Å². The molecule has 0 aliphatic heterocycles. The Kier molecular flexibility index (Phi) is 4.33. The van der Waals surface area contributed by atoms with Crippen LogP contribution in [0.5, 0.6) is 0 Å². The van der Waals surface area contributed by atoms with Crippen molar-refractivity contribution in [3.8, 4) is 12.1 Å². The van der Waals surface area contributed by atoms with E-state index in [1.54, 1.807) is 55.6 Å². The fourth-order valence-corrected chi connectivity index (χ4v) is 2.02. The van der Waals surface area contributed by atoms with Gasteiger partial charge in [0.1, 0.15) is 0 Å². The molecule has 1 unspecified atom stereocenters. The number of nitrogens with zero attached hydrogens (tertiary/aromatic N) is 3. The minimum atomic E-state index is -0.859. The van der Waals surface area contributed by atoms with Crippen LogP contribution in [-0.2, 0) is 4.79 Å². The molecular weight excluding hydrogens is 262 g/mol. The van der Waals surface area contributed by atoms with Crippen molar-refractivity contribution < 1.29 is 4.79 Å². The first kappa shape index (κ1) is 14.3. The second kappa shape index (κ2) is 6.36. The largest absolute Gasteiger partial charge is 0.314 e. The lowest BCUT2D eigenvalue weighted by Crippen LogP contribution is -2.31. The van der Waals surface area contributed by atoms with Gasteiger partial charge in [-0.3, -0.25) is 4.79 Å². The van der Waals surface area contributed by atoms with Gasteiger partial charge < -0.3 is 4.90 Å². The van der Waals surface area contributed by atoms with E-state index >= 15 is 0 Å². The average molecular weight is 275 g/mol. The number of benzene rings is 2. The molecule has 0 saturated heterocycles. The predicted molar refractivity (Wildman–Crippen MR) is 79.4 cm³/mol. The lowest BCUT2D eigenvalue weighted by molar-refractivity contribution is -0.118. The Morgan fingerprint density at radius 2 is 1.81 bits per heavy atom. The van der Waals surface area contributed by atoms with E-state index in [2.05, 4.69) is 0 Å². The maximum absolute atomic E-state index is 12.5. The van der Waals surface area contributed by atoms with Crippen LogP contribution in [-0.4, -0.2) is 13.0 Å². The van der Waals surface area contributed by atoms with Crippen LogP contribution in [0, 0.1) is 22.7 Å². The Bertz CT molecular complexity index is 726. The number of carbonyl (C=O) groups is 1. The topological polar surface area (TPSA) is 67.9 Å². The van der Waals surface area contributed by atoms with Crippen LogP contribution in [0.3, 0.4) is 0 Å². The smallest absolute Gasteiger partial charge is 0.248 e. The molecule has 102 valence electrons. The fraction of sp³-hybridized carbons (Fsp3) is 0.118. The Balaban J connectivity index is 2.30. The Hall–Kier alpha value is -3.11. The van der Waals surface area contributed by atoms with Gasteiger partial charge in [-0.15, -0.1) is 0 Å². The third-order valence-electron chi connectivity index (χ3n) is 3.20. The standard InChI is InChI=1S/C17H13N3O/c1-20(15-9-5-6-13(10-15)11-18)17(21)16(12-19)14-7-3-2-4-8-14/h2-10,16H,1H3. The molecule has 0 heterocycles. The maximum atomic E-state index is 12.5. The molecule has 0 saturated carbocycles. The summed E-state index contributed by atoms with van der Waals surface area (Å²) in [6.07, 6.45) is 0. The van der Waals surface area contributed by atoms with Crippen LogP contribution in [0.1, 0.15) is 17.0 Å². The van der Waals surface area contributed by atoms with Gasteiger partial charge in [0, 0.05) is 12.7 Å². The Morgan fingerprint density at radius 1 is 1.10 bits per heavy atom. The molecule has 0 fully saturated rings. The summed E-state index contributed by atoms with van der Waals surface area (Å²) in [6, 6.07) is 19.7. The van der Waals surface area contributed by atoms with Crippen LogP contribution in [0.25, 0.3) is 0 Å². The molecule has 0 aliphatic carbocycles. The van der Waals surface area contributed by atoms with Gasteiger partial charge in [0.15, 0.2) is 5.92 Å². The highest BCUT2D eigenvalue weighted by Gasteiger charge is 2.24. The molecule has 0 N–H and O–H groups in total. The summed E-state index contributed by atoms with van der Waals surface area (Å²) in [4.78, 5) is 13.9. The van der Waals surface area contributed by atoms with Crippen molar-refractivity contribution in [2.45, 2.75) is 5.92 Å². The second-order valence-electron chi connectivity index (χ2n) is 4.53. The van der Waals surface area contributed by atoms with E-state index in [0.29, 0.717) is 16.8 Å². The van der Waals surface area contributed by atoms with Gasteiger partial charge in [0.25, 0.3) is 0 Å². The number of hydrogen-bond donors (Lipinski definition) is 0. The molecule has 0 radical (unpaired) electrons. The van der Waals surface area contributed by atoms with E-state index in [4.69, 9.17) is 5.26 Å². The Labute approximate surface area is 123 Å². The van der Waals surface area contributed by atoms with Crippen molar-refractivity contribution in [2.75, 3.05) is 11.9 Å². The first-order chi connectivity index (χ1) is 10.2. The monoisotopic (exact) mass is 275 g/mol. The molecule has 1 atom stereocenters. The minimum absolute atomic E-state index is 0.321. The van der Waals surface area contributed by atoms with Crippen LogP contribution in [0.2, 0.25) is 0 Å². The molecule has 0 aliphatic rings. The normalized spacial score (nSPS) is 11.0. The predicted octanol–water partition coefficient (Wildman–Crippen LogP) is 2.83. The summed E-state index contributed by atoms with van der Waals surface area (Å²) >= 11 is 0. The molecular formula is C17H13N3O. The zero-order chi connectivity index (χ0) is 15.2. The summed E-state index contributed by atoms with van der Waals surface area (Å²) in [5.74, 6) is -1.18. The van der Waals surface area contributed by atoms with Crippen molar-refractivity contribution in [2.24, 2.45) is 0 Å². The maximum Gasteiger partial charge on any atom is 0.248 e. The summed E-state index contributed by atoms with van der Waals surface area (Å²) < 4.78 is 0. The zero-order valence-corrected chi connectivity index (χ0v) is 11.5. The van der Waals surface area contributed by atoms with Crippen LogP contribution < -0.4 is 4.90 Å². The number of nitriles is 2. The van der Waals surface area contributed by atoms with Gasteiger partial charge in [-0.25, -0.2) is 0 Å². The number of rotatable bonds is 3. The van der Waals surface area contributed by atoms with E-state index in [-0.39, 0.29) is 5.91 Å². The molecule has 0 bridgehead atoms. The van der Waals surface area contributed by atoms with Crippen LogP contribution in [0.15, 0.2) is 54.6 Å². The minimum Gasteiger partial charge on any atom is -0.314 e. The number of carbonyl (C=O) groups excluding carboxylic acids is 1. The molecule has 2 rings (SSSR count). The lowest BCUT2D eigenvalue weighted by atomic mass is 9.99. The summed E-state index contributed by atoms with van der Waals surface area (Å²) in [5, 5.41) is 18.2. The van der Waals surface area contributed by atoms with Crippen LogP contribution >= 0.6 is 0 Å². The fourth-order valence-electron chi connectivity index (χ4n) is 2.02. The van der Waals surface area contributed by atoms with Crippen molar-refractivity contribution in [1.29, 1.82) is 10.5 Å². The molecule has 4 nitrogen and oxygen atoms in total. The highest BCUT2D eigenvalue weighted by atomic mass is 16.2. The van der Waals surface area contributed by atoms with E-state index in [0.717, 1.165) is 0 Å². The molecule has 2 aromatic carbocycles. The number of amides is 1. The Morgan fingerprint density at radius 3 is 2.43 bits per heavy atom. The molecule has 2 aromatic rings. The molecule has 4 heteroatoms. The van der Waals surface area contributed by atoms with Gasteiger partial charge in [-0.05, 0) is 23.8 Å². The molecule has 21 heavy (non-hydrogen) atoms. The summed E-state index contributed by atoms with van der Waals surface area (Å²) in [5.41, 5.74) is 1.73. The van der Waals surface area contributed by atoms with Crippen molar-refractivity contribution in [1.82, 2.24) is 0 Å². The van der Waals surface area contributed by atoms with Crippen molar-refractivity contribution in [3.05, 3.63) is 65.7 Å². The molecule has 0 spiro atoms. The SMILES string of the molecule is CN(C(=O)C(C#N)c1ccccc1)c1cccc(C#N)c1. The number of likely N-dealkylation sites (N-methyl/N-ethyl adjacent to an activating group) is 1. The van der Waals surface area contributed by atoms with Crippen molar-refractivity contribution >= 4 is 11.6 Å². The highest BCUT2D eigenvalue weighted by molar-refractivity contribution is 5.99. The highest BCUT2D eigenvalue weighted by Crippen LogP contribution is 2.22. The first-order valence-corrected chi connectivity index (χ1v) is 6.39. The van der Waals surface area contributed by atoms with Gasteiger partial charge in [-0.2, -0.15) is 10.5 Å². The number of hydrogen-bond acceptors (Lipinski definition) is 3. The van der Waals surface area contributed by atoms with Gasteiger partial charge in [-0.1, -0.05) is 36.4 Å². The van der Waals surface area contributed by atoms with Gasteiger partial charge in [0.05, 0.1) is 17.7 Å². The van der Waals surface area contributed by atoms with Gasteiger partial charge in [0.2, 0.25) is 5.91 Å². The number of anilines is 1. The average Bonchev–Trinajstić information content (AvgIpc) is 2.55. The lowest BCUT2D eigenvalue weighted by Gasteiger charge is -2.20. The van der Waals surface area contributed by atoms with E-state index < -0.39 is 5.92 Å². The van der Waals surface area contributed by atoms with Crippen molar-refractivity contribution in [3.63, 3.8) is 0 Å². The zero-order valence-electron chi connectivity index (χ0n) is 11.5. The third-order valence-corrected chi connectivity index (χ3v) is 3.20. The van der Waals surface area contributed by atoms with E-state index in [9.17, 15) is 10.1 Å².